The van der Waals surface area contributed by atoms with Crippen molar-refractivity contribution >= 4 is 21.2 Å². The second kappa shape index (κ2) is 6.71. The fraction of sp³-hybridized carbons (Fsp3) is 0.400. The van der Waals surface area contributed by atoms with E-state index in [2.05, 4.69) is 9.80 Å². The molecule has 5 heteroatoms. The summed E-state index contributed by atoms with van der Waals surface area (Å²) in [5.41, 5.74) is 2.22. The Bertz CT molecular complexity index is 752. The molecule has 0 aliphatic carbocycles. The second-order valence-electron chi connectivity index (χ2n) is 6.88. The summed E-state index contributed by atoms with van der Waals surface area (Å²) < 4.78 is 25.7. The summed E-state index contributed by atoms with van der Waals surface area (Å²) in [6, 6.07) is 14.6. The summed E-state index contributed by atoms with van der Waals surface area (Å²) in [7, 11) is -3.46. The van der Waals surface area contributed by atoms with Gasteiger partial charge in [-0.15, -0.1) is 0 Å². The van der Waals surface area contributed by atoms with Crippen LogP contribution >= 0.6 is 0 Å². The first kappa shape index (κ1) is 16.5. The summed E-state index contributed by atoms with van der Waals surface area (Å²) in [4.78, 5) is 5.34. The highest BCUT2D eigenvalue weighted by Gasteiger charge is 2.20. The molecule has 2 aliphatic heterocycles. The van der Waals surface area contributed by atoms with Gasteiger partial charge in [0.2, 0.25) is 9.84 Å². The van der Waals surface area contributed by atoms with Gasteiger partial charge in [0.05, 0.1) is 9.79 Å². The van der Waals surface area contributed by atoms with E-state index < -0.39 is 9.84 Å². The van der Waals surface area contributed by atoms with Gasteiger partial charge in [0.25, 0.3) is 0 Å². The second-order valence-corrected chi connectivity index (χ2v) is 8.83. The largest absolute Gasteiger partial charge is 0.372 e. The Balaban J connectivity index is 1.56. The Morgan fingerprint density at radius 1 is 0.560 bits per heavy atom. The van der Waals surface area contributed by atoms with Crippen LogP contribution in [-0.4, -0.2) is 34.6 Å². The Labute approximate surface area is 150 Å². The smallest absolute Gasteiger partial charge is 0.206 e. The SMILES string of the molecule is O=S(=O)(c1ccc(N2CCCC2)cc1)c1ccc(N2CCCC2)cc1. The molecule has 4 rings (SSSR count). The van der Waals surface area contributed by atoms with Crippen molar-refractivity contribution in [2.24, 2.45) is 0 Å². The number of hydrogen-bond acceptors (Lipinski definition) is 4. The predicted octanol–water partition coefficient (Wildman–Crippen LogP) is 3.72. The van der Waals surface area contributed by atoms with E-state index in [9.17, 15) is 8.42 Å². The fourth-order valence-electron chi connectivity index (χ4n) is 3.76. The molecule has 4 nitrogen and oxygen atoms in total. The summed E-state index contributed by atoms with van der Waals surface area (Å²) >= 11 is 0. The zero-order valence-electron chi connectivity index (χ0n) is 14.4. The van der Waals surface area contributed by atoms with Crippen LogP contribution in [0, 0.1) is 0 Å². The third-order valence-corrected chi connectivity index (χ3v) is 7.02. The van der Waals surface area contributed by atoms with Crippen molar-refractivity contribution in [2.75, 3.05) is 36.0 Å². The van der Waals surface area contributed by atoms with Crippen LogP contribution < -0.4 is 9.80 Å². The Morgan fingerprint density at radius 3 is 1.20 bits per heavy atom. The number of hydrogen-bond donors (Lipinski definition) is 0. The molecule has 2 aromatic rings. The van der Waals surface area contributed by atoms with Gasteiger partial charge in [-0.3, -0.25) is 0 Å². The molecular formula is C20H24N2O2S. The first-order chi connectivity index (χ1) is 12.1. The maximum Gasteiger partial charge on any atom is 0.206 e. The molecule has 25 heavy (non-hydrogen) atoms. The van der Waals surface area contributed by atoms with Gasteiger partial charge >= 0.3 is 0 Å². The minimum absolute atomic E-state index is 0.365. The van der Waals surface area contributed by atoms with Crippen molar-refractivity contribution in [1.29, 1.82) is 0 Å². The molecule has 0 N–H and O–H groups in total. The van der Waals surface area contributed by atoms with E-state index in [-0.39, 0.29) is 0 Å². The van der Waals surface area contributed by atoms with E-state index in [1.807, 2.05) is 24.3 Å². The Morgan fingerprint density at radius 2 is 0.880 bits per heavy atom. The van der Waals surface area contributed by atoms with Crippen LogP contribution in [0.1, 0.15) is 25.7 Å². The highest BCUT2D eigenvalue weighted by atomic mass is 32.2. The first-order valence-electron chi connectivity index (χ1n) is 9.10. The lowest BCUT2D eigenvalue weighted by molar-refractivity contribution is 0.596. The summed E-state index contributed by atoms with van der Waals surface area (Å²) in [6.07, 6.45) is 4.85. The summed E-state index contributed by atoms with van der Waals surface area (Å²) in [5.74, 6) is 0. The van der Waals surface area contributed by atoms with E-state index in [1.165, 1.54) is 25.7 Å². The third kappa shape index (κ3) is 3.25. The first-order valence-corrected chi connectivity index (χ1v) is 10.6. The van der Waals surface area contributed by atoms with Gasteiger partial charge in [0, 0.05) is 37.6 Å². The van der Waals surface area contributed by atoms with Crippen molar-refractivity contribution in [1.82, 2.24) is 0 Å². The van der Waals surface area contributed by atoms with Gasteiger partial charge in [0.15, 0.2) is 0 Å². The van der Waals surface area contributed by atoms with Crippen LogP contribution in [0.15, 0.2) is 58.3 Å². The quantitative estimate of drug-likeness (QED) is 0.837. The normalized spacial score (nSPS) is 18.1. The molecule has 2 aliphatic rings. The summed E-state index contributed by atoms with van der Waals surface area (Å²) in [5, 5.41) is 0. The molecule has 2 heterocycles. The fourth-order valence-corrected chi connectivity index (χ4v) is 5.02. The van der Waals surface area contributed by atoms with Gasteiger partial charge in [-0.1, -0.05) is 0 Å². The van der Waals surface area contributed by atoms with Gasteiger partial charge < -0.3 is 9.80 Å². The molecule has 2 saturated heterocycles. The Hall–Kier alpha value is -2.01. The van der Waals surface area contributed by atoms with Gasteiger partial charge in [-0.25, -0.2) is 8.42 Å². The highest BCUT2D eigenvalue weighted by molar-refractivity contribution is 7.91. The van der Waals surface area contributed by atoms with Crippen LogP contribution in [0.25, 0.3) is 0 Å². The van der Waals surface area contributed by atoms with Gasteiger partial charge in [0.1, 0.15) is 0 Å². The van der Waals surface area contributed by atoms with Gasteiger partial charge in [-0.2, -0.15) is 0 Å². The van der Waals surface area contributed by atoms with Crippen LogP contribution in [0.5, 0.6) is 0 Å². The number of rotatable bonds is 4. The van der Waals surface area contributed by atoms with Crippen molar-refractivity contribution in [3.05, 3.63) is 48.5 Å². The minimum atomic E-state index is -3.46. The lowest BCUT2D eigenvalue weighted by atomic mass is 10.3. The molecule has 0 unspecified atom stereocenters. The molecule has 0 amide bonds. The molecule has 132 valence electrons. The predicted molar refractivity (Wildman–Crippen MR) is 101 cm³/mol. The molecule has 2 fully saturated rings. The lowest BCUT2D eigenvalue weighted by Gasteiger charge is -2.18. The van der Waals surface area contributed by atoms with E-state index >= 15 is 0 Å². The number of anilines is 2. The van der Waals surface area contributed by atoms with E-state index in [1.54, 1.807) is 24.3 Å². The molecule has 0 bridgehead atoms. The van der Waals surface area contributed by atoms with Crippen LogP contribution in [0.2, 0.25) is 0 Å². The zero-order chi connectivity index (χ0) is 17.3. The molecule has 0 radical (unpaired) electrons. The number of nitrogens with zero attached hydrogens (tertiary/aromatic N) is 2. The topological polar surface area (TPSA) is 40.6 Å². The average molecular weight is 356 g/mol. The van der Waals surface area contributed by atoms with Crippen molar-refractivity contribution in [2.45, 2.75) is 35.5 Å². The van der Waals surface area contributed by atoms with Crippen molar-refractivity contribution in [3.63, 3.8) is 0 Å². The average Bonchev–Trinajstić information content (AvgIpc) is 3.36. The molecule has 0 spiro atoms. The molecule has 0 saturated carbocycles. The zero-order valence-corrected chi connectivity index (χ0v) is 15.2. The number of benzene rings is 2. The van der Waals surface area contributed by atoms with E-state index in [4.69, 9.17) is 0 Å². The van der Waals surface area contributed by atoms with E-state index in [0.717, 1.165) is 37.6 Å². The maximum absolute atomic E-state index is 12.9. The number of sulfone groups is 1. The Kier molecular flexibility index (Phi) is 4.42. The molecular weight excluding hydrogens is 332 g/mol. The molecule has 2 aromatic carbocycles. The van der Waals surface area contributed by atoms with Crippen molar-refractivity contribution < 1.29 is 8.42 Å². The third-order valence-electron chi connectivity index (χ3n) is 5.24. The van der Waals surface area contributed by atoms with Crippen LogP contribution in [-0.2, 0) is 9.84 Å². The van der Waals surface area contributed by atoms with Crippen LogP contribution in [0.3, 0.4) is 0 Å². The highest BCUT2D eigenvalue weighted by Crippen LogP contribution is 2.27. The minimum Gasteiger partial charge on any atom is -0.372 e. The standard InChI is InChI=1S/C20H24N2O2S/c23-25(24,19-9-5-17(6-10-19)21-13-1-2-14-21)20-11-7-18(8-12-20)22-15-3-4-16-22/h5-12H,1-4,13-16H2. The van der Waals surface area contributed by atoms with Crippen LogP contribution in [0.4, 0.5) is 11.4 Å². The molecule has 0 aromatic heterocycles. The summed E-state index contributed by atoms with van der Waals surface area (Å²) in [6.45, 7) is 4.24. The lowest BCUT2D eigenvalue weighted by Crippen LogP contribution is -2.17. The molecule has 0 atom stereocenters. The maximum atomic E-state index is 12.9. The van der Waals surface area contributed by atoms with E-state index in [0.29, 0.717) is 9.79 Å². The van der Waals surface area contributed by atoms with Gasteiger partial charge in [-0.05, 0) is 74.2 Å². The van der Waals surface area contributed by atoms with Crippen molar-refractivity contribution in [3.8, 4) is 0 Å². The monoisotopic (exact) mass is 356 g/mol.